The second kappa shape index (κ2) is 5.62. The number of hydrogen-bond donors (Lipinski definition) is 0. The molecule has 0 bridgehead atoms. The molecule has 0 N–H and O–H groups in total. The first-order chi connectivity index (χ1) is 8.47. The van der Waals surface area contributed by atoms with Crippen molar-refractivity contribution in [3.63, 3.8) is 0 Å². The van der Waals surface area contributed by atoms with Crippen LogP contribution in [0.5, 0.6) is 0 Å². The van der Waals surface area contributed by atoms with Gasteiger partial charge in [0.2, 0.25) is 6.29 Å². The van der Waals surface area contributed by atoms with Crippen molar-refractivity contribution in [3.8, 4) is 0 Å². The third-order valence-corrected chi connectivity index (χ3v) is 4.25. The van der Waals surface area contributed by atoms with E-state index in [0.717, 1.165) is 6.42 Å². The number of ether oxygens (including phenoxy) is 2. The number of hydrogen-bond acceptors (Lipinski definition) is 3. The molecule has 1 fully saturated rings. The van der Waals surface area contributed by atoms with Crippen LogP contribution in [-0.2, 0) is 14.3 Å². The van der Waals surface area contributed by atoms with Crippen LogP contribution in [0, 0.1) is 17.8 Å². The molecule has 0 spiro atoms. The van der Waals surface area contributed by atoms with Crippen molar-refractivity contribution < 1.29 is 14.3 Å². The SMILES string of the molecule is CC1CCC(C(C)C)C(OC2C=C(Cl)C(=O)O2)C1. The average Bonchev–Trinajstić information content (AvgIpc) is 2.57. The van der Waals surface area contributed by atoms with E-state index in [1.54, 1.807) is 6.08 Å². The van der Waals surface area contributed by atoms with Gasteiger partial charge in [0.15, 0.2) is 0 Å². The molecule has 0 radical (unpaired) electrons. The molecule has 4 heteroatoms. The number of esters is 1. The Hall–Kier alpha value is -0.540. The molecular formula is C14H21ClO3. The predicted molar refractivity (Wildman–Crippen MR) is 70.0 cm³/mol. The van der Waals surface area contributed by atoms with Gasteiger partial charge in [0.25, 0.3) is 0 Å². The van der Waals surface area contributed by atoms with Crippen LogP contribution in [0.1, 0.15) is 40.0 Å². The second-order valence-electron chi connectivity index (χ2n) is 5.79. The summed E-state index contributed by atoms with van der Waals surface area (Å²) in [5.41, 5.74) is 0. The van der Waals surface area contributed by atoms with Gasteiger partial charge in [-0.15, -0.1) is 0 Å². The van der Waals surface area contributed by atoms with Crippen LogP contribution < -0.4 is 0 Å². The molecule has 1 heterocycles. The van der Waals surface area contributed by atoms with Crippen LogP contribution in [0.15, 0.2) is 11.1 Å². The Labute approximate surface area is 113 Å². The van der Waals surface area contributed by atoms with Crippen molar-refractivity contribution in [2.75, 3.05) is 0 Å². The van der Waals surface area contributed by atoms with Gasteiger partial charge in [-0.25, -0.2) is 4.79 Å². The smallest absolute Gasteiger partial charge is 0.352 e. The summed E-state index contributed by atoms with van der Waals surface area (Å²) in [6.45, 7) is 6.69. The minimum absolute atomic E-state index is 0.130. The maximum absolute atomic E-state index is 11.2. The summed E-state index contributed by atoms with van der Waals surface area (Å²) in [7, 11) is 0. The van der Waals surface area contributed by atoms with Gasteiger partial charge in [-0.2, -0.15) is 0 Å². The van der Waals surface area contributed by atoms with Crippen molar-refractivity contribution in [2.24, 2.45) is 17.8 Å². The highest BCUT2D eigenvalue weighted by atomic mass is 35.5. The van der Waals surface area contributed by atoms with Gasteiger partial charge in [0.05, 0.1) is 6.10 Å². The van der Waals surface area contributed by atoms with Crippen molar-refractivity contribution in [3.05, 3.63) is 11.1 Å². The standard InChI is InChI=1S/C14H21ClO3/c1-8(2)10-5-4-9(3)6-12(10)17-13-7-11(15)14(16)18-13/h7-10,12-13H,4-6H2,1-3H3. The van der Waals surface area contributed by atoms with Crippen molar-refractivity contribution in [1.82, 2.24) is 0 Å². The van der Waals surface area contributed by atoms with Crippen LogP contribution >= 0.6 is 11.6 Å². The zero-order valence-corrected chi connectivity index (χ0v) is 11.9. The highest BCUT2D eigenvalue weighted by molar-refractivity contribution is 6.41. The third-order valence-electron chi connectivity index (χ3n) is 3.97. The summed E-state index contributed by atoms with van der Waals surface area (Å²) < 4.78 is 11.0. The largest absolute Gasteiger partial charge is 0.428 e. The molecule has 1 saturated carbocycles. The third kappa shape index (κ3) is 3.07. The van der Waals surface area contributed by atoms with Crippen LogP contribution in [0.4, 0.5) is 0 Å². The van der Waals surface area contributed by atoms with Crippen LogP contribution in [0.25, 0.3) is 0 Å². The highest BCUT2D eigenvalue weighted by Gasteiger charge is 2.35. The molecule has 0 saturated heterocycles. The van der Waals surface area contributed by atoms with E-state index in [4.69, 9.17) is 21.1 Å². The summed E-state index contributed by atoms with van der Waals surface area (Å²) >= 11 is 5.71. The van der Waals surface area contributed by atoms with E-state index in [2.05, 4.69) is 20.8 Å². The minimum Gasteiger partial charge on any atom is -0.428 e. The number of halogens is 1. The van der Waals surface area contributed by atoms with Gasteiger partial charge >= 0.3 is 5.97 Å². The van der Waals surface area contributed by atoms with Crippen molar-refractivity contribution in [1.29, 1.82) is 0 Å². The first-order valence-electron chi connectivity index (χ1n) is 6.71. The Kier molecular flexibility index (Phi) is 4.33. The molecule has 0 aromatic heterocycles. The molecule has 18 heavy (non-hydrogen) atoms. The van der Waals surface area contributed by atoms with E-state index < -0.39 is 12.3 Å². The summed E-state index contributed by atoms with van der Waals surface area (Å²) in [6.07, 6.45) is 4.58. The molecule has 4 atom stereocenters. The highest BCUT2D eigenvalue weighted by Crippen LogP contribution is 2.36. The molecule has 0 aromatic carbocycles. The van der Waals surface area contributed by atoms with Gasteiger partial charge in [-0.3, -0.25) is 0 Å². The molecule has 2 aliphatic rings. The Morgan fingerprint density at radius 1 is 1.44 bits per heavy atom. The van der Waals surface area contributed by atoms with E-state index >= 15 is 0 Å². The molecule has 0 amide bonds. The Balaban J connectivity index is 1.99. The van der Waals surface area contributed by atoms with Crippen molar-refractivity contribution in [2.45, 2.75) is 52.4 Å². The van der Waals surface area contributed by atoms with Gasteiger partial charge in [-0.1, -0.05) is 38.8 Å². The molecular weight excluding hydrogens is 252 g/mol. The molecule has 1 aliphatic heterocycles. The van der Waals surface area contributed by atoms with E-state index in [-0.39, 0.29) is 11.1 Å². The summed E-state index contributed by atoms with van der Waals surface area (Å²) in [5.74, 6) is 1.31. The number of carbonyl (C=O) groups is 1. The Bertz CT molecular complexity index is 351. The van der Waals surface area contributed by atoms with Crippen LogP contribution in [0.2, 0.25) is 0 Å². The zero-order valence-electron chi connectivity index (χ0n) is 11.2. The first-order valence-corrected chi connectivity index (χ1v) is 7.09. The average molecular weight is 273 g/mol. The van der Waals surface area contributed by atoms with E-state index in [9.17, 15) is 4.79 Å². The molecule has 0 aromatic rings. The number of carbonyl (C=O) groups excluding carboxylic acids is 1. The number of cyclic esters (lactones) is 1. The minimum atomic E-state index is -0.596. The lowest BCUT2D eigenvalue weighted by Crippen LogP contribution is -2.36. The Morgan fingerprint density at radius 2 is 2.17 bits per heavy atom. The van der Waals surface area contributed by atoms with Gasteiger partial charge in [0.1, 0.15) is 5.03 Å². The van der Waals surface area contributed by atoms with Crippen LogP contribution in [0.3, 0.4) is 0 Å². The molecule has 4 unspecified atom stereocenters. The van der Waals surface area contributed by atoms with E-state index in [1.165, 1.54) is 12.8 Å². The summed E-state index contributed by atoms with van der Waals surface area (Å²) in [5, 5.41) is 0.130. The topological polar surface area (TPSA) is 35.5 Å². The predicted octanol–water partition coefficient (Wildman–Crippen LogP) is 3.47. The maximum atomic E-state index is 11.2. The maximum Gasteiger partial charge on any atom is 0.352 e. The van der Waals surface area contributed by atoms with Gasteiger partial charge in [0, 0.05) is 6.08 Å². The van der Waals surface area contributed by atoms with Gasteiger partial charge in [-0.05, 0) is 30.6 Å². The summed E-state index contributed by atoms with van der Waals surface area (Å²) in [6, 6.07) is 0. The Morgan fingerprint density at radius 3 is 2.72 bits per heavy atom. The molecule has 3 nitrogen and oxygen atoms in total. The number of rotatable bonds is 3. The summed E-state index contributed by atoms with van der Waals surface area (Å²) in [4.78, 5) is 11.2. The lowest BCUT2D eigenvalue weighted by molar-refractivity contribution is -0.178. The fourth-order valence-corrected chi connectivity index (χ4v) is 3.04. The second-order valence-corrected chi connectivity index (χ2v) is 6.20. The first kappa shape index (κ1) is 13.9. The zero-order chi connectivity index (χ0) is 13.3. The fraction of sp³-hybridized carbons (Fsp3) is 0.786. The quantitative estimate of drug-likeness (QED) is 0.738. The van der Waals surface area contributed by atoms with E-state index in [0.29, 0.717) is 17.8 Å². The molecule has 1 aliphatic carbocycles. The van der Waals surface area contributed by atoms with Crippen molar-refractivity contribution >= 4 is 17.6 Å². The molecule has 2 rings (SSSR count). The van der Waals surface area contributed by atoms with Gasteiger partial charge < -0.3 is 9.47 Å². The van der Waals surface area contributed by atoms with E-state index in [1.807, 2.05) is 0 Å². The lowest BCUT2D eigenvalue weighted by Gasteiger charge is -2.37. The lowest BCUT2D eigenvalue weighted by atomic mass is 9.75. The normalized spacial score (nSPS) is 36.7. The fourth-order valence-electron chi connectivity index (χ4n) is 2.89. The molecule has 102 valence electrons. The van der Waals surface area contributed by atoms with Crippen LogP contribution in [-0.4, -0.2) is 18.4 Å². The monoisotopic (exact) mass is 272 g/mol.